The van der Waals surface area contributed by atoms with Gasteiger partial charge in [-0.25, -0.2) is 9.80 Å². The van der Waals surface area contributed by atoms with Crippen molar-refractivity contribution in [1.82, 2.24) is 10.3 Å². The van der Waals surface area contributed by atoms with E-state index < -0.39 is 0 Å². The summed E-state index contributed by atoms with van der Waals surface area (Å²) in [6.45, 7) is 3.96. The van der Waals surface area contributed by atoms with E-state index in [1.165, 1.54) is 5.01 Å². The number of rotatable bonds is 4. The second-order valence-corrected chi connectivity index (χ2v) is 6.90. The minimum atomic E-state index is -0.263. The Kier molecular flexibility index (Phi) is 5.96. The molecule has 148 valence electrons. The molecule has 1 heterocycles. The van der Waals surface area contributed by atoms with Gasteiger partial charge in [-0.15, -0.1) is 0 Å². The summed E-state index contributed by atoms with van der Waals surface area (Å²) < 4.78 is 0. The van der Waals surface area contributed by atoms with E-state index in [2.05, 4.69) is 5.32 Å². The van der Waals surface area contributed by atoms with Gasteiger partial charge in [0.2, 0.25) is 0 Å². The van der Waals surface area contributed by atoms with E-state index in [0.717, 1.165) is 16.7 Å². The number of hydrazone groups is 1. The minimum absolute atomic E-state index is 0.161. The standard InChI is InChI=1S/C21H26N4O3/c1-3-23-21(28)25-13(2)8-15-9-16(11-26)17(12-27)10-19(15)20(24-25)14-4-6-18(22)7-5-14/h4-7,9-10,13,26-27H,3,8,11-12,22H2,1-2H3,(H,23,28). The van der Waals surface area contributed by atoms with E-state index in [0.29, 0.717) is 35.5 Å². The highest BCUT2D eigenvalue weighted by Gasteiger charge is 2.28. The van der Waals surface area contributed by atoms with Crippen molar-refractivity contribution < 1.29 is 15.0 Å². The fourth-order valence-electron chi connectivity index (χ4n) is 3.42. The number of amides is 2. The van der Waals surface area contributed by atoms with E-state index in [-0.39, 0.29) is 25.3 Å². The summed E-state index contributed by atoms with van der Waals surface area (Å²) in [5.41, 5.74) is 11.0. The van der Waals surface area contributed by atoms with Crippen LogP contribution in [0.2, 0.25) is 0 Å². The highest BCUT2D eigenvalue weighted by molar-refractivity contribution is 6.14. The number of nitrogen functional groups attached to an aromatic ring is 1. The highest BCUT2D eigenvalue weighted by Crippen LogP contribution is 2.27. The summed E-state index contributed by atoms with van der Waals surface area (Å²) in [4.78, 5) is 12.6. The van der Waals surface area contributed by atoms with Crippen LogP contribution in [0.15, 0.2) is 41.5 Å². The van der Waals surface area contributed by atoms with Crippen molar-refractivity contribution in [3.8, 4) is 0 Å². The third-order valence-electron chi connectivity index (χ3n) is 4.88. The molecule has 1 atom stereocenters. The summed E-state index contributed by atoms with van der Waals surface area (Å²) in [7, 11) is 0. The molecule has 0 radical (unpaired) electrons. The lowest BCUT2D eigenvalue weighted by molar-refractivity contribution is 0.183. The van der Waals surface area contributed by atoms with E-state index in [9.17, 15) is 15.0 Å². The van der Waals surface area contributed by atoms with Crippen LogP contribution in [0.3, 0.4) is 0 Å². The molecule has 0 saturated carbocycles. The number of benzene rings is 2. The number of anilines is 1. The maximum atomic E-state index is 12.6. The molecular weight excluding hydrogens is 356 g/mol. The molecule has 5 N–H and O–H groups in total. The molecule has 0 saturated heterocycles. The Balaban J connectivity index is 2.21. The lowest BCUT2D eigenvalue weighted by atomic mass is 9.90. The van der Waals surface area contributed by atoms with Crippen LogP contribution in [0.4, 0.5) is 10.5 Å². The molecule has 2 amide bonds. The molecule has 1 aliphatic rings. The molecule has 0 spiro atoms. The Morgan fingerprint density at radius 2 is 1.86 bits per heavy atom. The average molecular weight is 382 g/mol. The Bertz CT molecular complexity index is 893. The molecule has 0 bridgehead atoms. The van der Waals surface area contributed by atoms with Crippen molar-refractivity contribution >= 4 is 17.4 Å². The monoisotopic (exact) mass is 382 g/mol. The van der Waals surface area contributed by atoms with Crippen LogP contribution in [0.5, 0.6) is 0 Å². The summed E-state index contributed by atoms with van der Waals surface area (Å²) >= 11 is 0. The zero-order valence-corrected chi connectivity index (χ0v) is 16.1. The number of carbonyl (C=O) groups excluding carboxylic acids is 1. The van der Waals surface area contributed by atoms with Crippen molar-refractivity contribution in [1.29, 1.82) is 0 Å². The normalized spacial score (nSPS) is 16.2. The first-order chi connectivity index (χ1) is 13.5. The predicted molar refractivity (Wildman–Crippen MR) is 109 cm³/mol. The third kappa shape index (κ3) is 3.85. The first-order valence-corrected chi connectivity index (χ1v) is 9.36. The van der Waals surface area contributed by atoms with Gasteiger partial charge in [0, 0.05) is 23.4 Å². The Morgan fingerprint density at radius 1 is 1.21 bits per heavy atom. The lowest BCUT2D eigenvalue weighted by Crippen LogP contribution is -2.42. The molecule has 28 heavy (non-hydrogen) atoms. The maximum absolute atomic E-state index is 12.6. The fourth-order valence-corrected chi connectivity index (χ4v) is 3.42. The zero-order valence-electron chi connectivity index (χ0n) is 16.1. The van der Waals surface area contributed by atoms with Gasteiger partial charge in [0.05, 0.1) is 25.0 Å². The van der Waals surface area contributed by atoms with Crippen molar-refractivity contribution in [2.45, 2.75) is 39.5 Å². The van der Waals surface area contributed by atoms with Gasteiger partial charge in [0.1, 0.15) is 0 Å². The minimum Gasteiger partial charge on any atom is -0.399 e. The predicted octanol–water partition coefficient (Wildman–Crippen LogP) is 1.98. The van der Waals surface area contributed by atoms with Gasteiger partial charge in [-0.1, -0.05) is 18.2 Å². The number of urea groups is 1. The second kappa shape index (κ2) is 8.41. The van der Waals surface area contributed by atoms with Gasteiger partial charge in [0.25, 0.3) is 0 Å². The van der Waals surface area contributed by atoms with Crippen molar-refractivity contribution in [3.63, 3.8) is 0 Å². The average Bonchev–Trinajstić information content (AvgIpc) is 2.83. The summed E-state index contributed by atoms with van der Waals surface area (Å²) in [6.07, 6.45) is 0.577. The van der Waals surface area contributed by atoms with Crippen molar-refractivity contribution in [2.75, 3.05) is 12.3 Å². The van der Waals surface area contributed by atoms with Crippen LogP contribution >= 0.6 is 0 Å². The second-order valence-electron chi connectivity index (χ2n) is 6.90. The molecule has 7 nitrogen and oxygen atoms in total. The van der Waals surface area contributed by atoms with Crippen LogP contribution in [0, 0.1) is 0 Å². The molecule has 7 heteroatoms. The number of aliphatic hydroxyl groups excluding tert-OH is 2. The van der Waals surface area contributed by atoms with E-state index in [1.54, 1.807) is 12.1 Å². The maximum Gasteiger partial charge on any atom is 0.338 e. The van der Waals surface area contributed by atoms with Gasteiger partial charge in [-0.2, -0.15) is 5.10 Å². The summed E-state index contributed by atoms with van der Waals surface area (Å²) in [6, 6.07) is 10.6. The van der Waals surface area contributed by atoms with Gasteiger partial charge < -0.3 is 21.3 Å². The Labute approximate surface area is 164 Å². The number of hydrogen-bond acceptors (Lipinski definition) is 5. The van der Waals surface area contributed by atoms with Crippen molar-refractivity contribution in [2.24, 2.45) is 5.10 Å². The molecular formula is C21H26N4O3. The number of fused-ring (bicyclic) bond motifs is 1. The lowest BCUT2D eigenvalue weighted by Gasteiger charge is -2.23. The molecule has 2 aromatic carbocycles. The van der Waals surface area contributed by atoms with Gasteiger partial charge in [-0.05, 0) is 55.2 Å². The Morgan fingerprint density at radius 3 is 2.46 bits per heavy atom. The van der Waals surface area contributed by atoms with Gasteiger partial charge in [0.15, 0.2) is 0 Å². The van der Waals surface area contributed by atoms with Gasteiger partial charge in [-0.3, -0.25) is 0 Å². The first kappa shape index (κ1) is 19.9. The number of hydrogen-bond donors (Lipinski definition) is 4. The largest absolute Gasteiger partial charge is 0.399 e. The number of aliphatic hydroxyl groups is 2. The van der Waals surface area contributed by atoms with Gasteiger partial charge >= 0.3 is 6.03 Å². The van der Waals surface area contributed by atoms with Crippen LogP contribution in [-0.2, 0) is 19.6 Å². The molecule has 3 rings (SSSR count). The number of nitrogens with zero attached hydrogens (tertiary/aromatic N) is 2. The Hall–Kier alpha value is -2.90. The smallest absolute Gasteiger partial charge is 0.338 e. The third-order valence-corrected chi connectivity index (χ3v) is 4.88. The number of carbonyl (C=O) groups is 1. The molecule has 0 aromatic heterocycles. The number of nitrogens with one attached hydrogen (secondary N) is 1. The molecule has 1 unspecified atom stereocenters. The van der Waals surface area contributed by atoms with Crippen molar-refractivity contribution in [3.05, 3.63) is 64.2 Å². The quantitative estimate of drug-likeness (QED) is 0.606. The SMILES string of the molecule is CCNC(=O)N1N=C(c2ccc(N)cc2)c2cc(CO)c(CO)cc2CC1C. The van der Waals surface area contributed by atoms with E-state index >= 15 is 0 Å². The van der Waals surface area contributed by atoms with Crippen LogP contribution in [0.1, 0.15) is 41.7 Å². The van der Waals surface area contributed by atoms with E-state index in [4.69, 9.17) is 10.8 Å². The molecule has 0 aliphatic carbocycles. The summed E-state index contributed by atoms with van der Waals surface area (Å²) in [5.74, 6) is 0. The number of nitrogens with two attached hydrogens (primary N) is 1. The summed E-state index contributed by atoms with van der Waals surface area (Å²) in [5, 5.41) is 28.4. The molecule has 0 fully saturated rings. The van der Waals surface area contributed by atoms with Crippen LogP contribution in [0.25, 0.3) is 0 Å². The molecule has 1 aliphatic heterocycles. The van der Waals surface area contributed by atoms with Crippen LogP contribution in [-0.4, -0.2) is 39.6 Å². The van der Waals surface area contributed by atoms with Crippen LogP contribution < -0.4 is 11.1 Å². The topological polar surface area (TPSA) is 111 Å². The zero-order chi connectivity index (χ0) is 20.3. The van der Waals surface area contributed by atoms with E-state index in [1.807, 2.05) is 38.1 Å². The molecule has 2 aromatic rings. The first-order valence-electron chi connectivity index (χ1n) is 9.36. The fraction of sp³-hybridized carbons (Fsp3) is 0.333. The highest BCUT2D eigenvalue weighted by atomic mass is 16.3.